The van der Waals surface area contributed by atoms with Crippen LogP contribution in [0.2, 0.25) is 15.3 Å². The Morgan fingerprint density at radius 3 is 1.67 bits per heavy atom. The number of aromatic nitrogens is 4. The van der Waals surface area contributed by atoms with Gasteiger partial charge in [-0.15, -0.1) is 12.3 Å². The minimum atomic E-state index is -3.50. The number of halogens is 3. The van der Waals surface area contributed by atoms with Crippen molar-refractivity contribution >= 4 is 112 Å². The number of sulfonamides is 1. The maximum absolute atomic E-state index is 12.1. The quantitative estimate of drug-likeness (QED) is 0.0194. The van der Waals surface area contributed by atoms with E-state index in [4.69, 9.17) is 75.4 Å². The third-order valence-corrected chi connectivity index (χ3v) is 18.3. The lowest BCUT2D eigenvalue weighted by Gasteiger charge is -2.41. The van der Waals surface area contributed by atoms with E-state index in [9.17, 15) is 16.8 Å². The molecule has 0 amide bonds. The summed E-state index contributed by atoms with van der Waals surface area (Å²) in [5.74, 6) is 11.1. The summed E-state index contributed by atoms with van der Waals surface area (Å²) >= 11 is 18.2. The number of rotatable bonds is 21. The minimum absolute atomic E-state index is 0. The number of nitrogens with one attached hydrogen (secondary N) is 4. The molecule has 0 saturated carbocycles. The topological polar surface area (TPSA) is 262 Å². The van der Waals surface area contributed by atoms with Crippen LogP contribution in [0.1, 0.15) is 70.1 Å². The number of ether oxygens (including phenoxy) is 6. The minimum Gasteiger partial charge on any atom is -0.496 e. The van der Waals surface area contributed by atoms with Crippen LogP contribution in [-0.4, -0.2) is 178 Å². The molecular formula is C69H89Cl3N13O10S2-. The number of anilines is 10. The SMILES string of the molecule is C.CCCc1cc(N)c(OC)cc1N1CCC(N2CCOCC2)CC1.CCc1cc(Nc2ncc(Cl)c(Nc3cccc(OC)c3CS(C)(=O)=O)n2)c(OC)cc1N1CCC(N2CCOCC2)CC1.COc1cccc(Nc2nc(Cl)ncc2Cl)c1NS(C)(=O)=O.[C-]#CC#CC#C. The van der Waals surface area contributed by atoms with Crippen LogP contribution in [-0.2, 0) is 47.9 Å². The fourth-order valence-electron chi connectivity index (χ4n) is 11.6. The highest BCUT2D eigenvalue weighted by molar-refractivity contribution is 7.92. The van der Waals surface area contributed by atoms with E-state index in [2.05, 4.69) is 117 Å². The number of nitrogens with two attached hydrogens (primary N) is 1. The van der Waals surface area contributed by atoms with Gasteiger partial charge >= 0.3 is 0 Å². The van der Waals surface area contributed by atoms with Crippen molar-refractivity contribution in [1.29, 1.82) is 0 Å². The van der Waals surface area contributed by atoms with Crippen molar-refractivity contribution in [2.45, 2.75) is 84.1 Å². The Kier molecular flexibility index (Phi) is 30.9. The molecule has 4 fully saturated rings. The van der Waals surface area contributed by atoms with Crippen LogP contribution in [0.4, 0.5) is 57.4 Å². The highest BCUT2D eigenvalue weighted by Crippen LogP contribution is 2.40. The van der Waals surface area contributed by atoms with E-state index in [-0.39, 0.29) is 40.0 Å². The van der Waals surface area contributed by atoms with Gasteiger partial charge in [-0.2, -0.15) is 9.97 Å². The second-order valence-corrected chi connectivity index (χ2v) is 27.7. The normalized spacial score (nSPS) is 15.2. The van der Waals surface area contributed by atoms with Crippen LogP contribution in [0.25, 0.3) is 0 Å². The number of sulfone groups is 1. The number of terminal acetylenes is 1. The Hall–Kier alpha value is -7.87. The summed E-state index contributed by atoms with van der Waals surface area (Å²) in [7, 11) is -0.562. The molecule has 10 rings (SSSR count). The number of nitrogens with zero attached hydrogens (tertiary/aromatic N) is 8. The van der Waals surface area contributed by atoms with E-state index < -0.39 is 19.9 Å². The van der Waals surface area contributed by atoms with Gasteiger partial charge in [-0.25, -0.2) is 32.7 Å². The molecule has 0 radical (unpaired) electrons. The molecule has 4 aromatic carbocycles. The molecule has 0 bridgehead atoms. The van der Waals surface area contributed by atoms with Crippen molar-refractivity contribution in [3.63, 3.8) is 0 Å². The predicted octanol–water partition coefficient (Wildman–Crippen LogP) is 11.3. The van der Waals surface area contributed by atoms with Crippen molar-refractivity contribution in [3.8, 4) is 53.1 Å². The summed E-state index contributed by atoms with van der Waals surface area (Å²) < 4.78 is 82.6. The van der Waals surface area contributed by atoms with Gasteiger partial charge in [0.2, 0.25) is 21.3 Å². The van der Waals surface area contributed by atoms with E-state index in [1.807, 2.05) is 11.8 Å². The lowest BCUT2D eigenvalue weighted by molar-refractivity contribution is 0.0115. The predicted molar refractivity (Wildman–Crippen MR) is 391 cm³/mol. The molecule has 23 nitrogen and oxygen atoms in total. The van der Waals surface area contributed by atoms with E-state index >= 15 is 0 Å². The van der Waals surface area contributed by atoms with Gasteiger partial charge in [-0.1, -0.05) is 63.0 Å². The van der Waals surface area contributed by atoms with E-state index in [1.54, 1.807) is 50.6 Å². The zero-order valence-electron chi connectivity index (χ0n) is 55.5. The van der Waals surface area contributed by atoms with Crippen molar-refractivity contribution < 1.29 is 45.3 Å². The van der Waals surface area contributed by atoms with Gasteiger partial charge in [0.25, 0.3) is 0 Å². The van der Waals surface area contributed by atoms with Crippen LogP contribution in [0.15, 0.2) is 73.1 Å². The second-order valence-electron chi connectivity index (χ2n) is 22.7. The average Bonchev–Trinajstić information content (AvgIpc) is 0.827. The van der Waals surface area contributed by atoms with Gasteiger partial charge in [0.1, 0.15) is 38.7 Å². The third kappa shape index (κ3) is 23.1. The number of hydrogen-bond acceptors (Lipinski definition) is 22. The molecule has 4 aliphatic rings. The molecule has 6 aromatic rings. The third-order valence-electron chi connectivity index (χ3n) is 16.2. The molecule has 0 spiro atoms. The molecule has 0 unspecified atom stereocenters. The van der Waals surface area contributed by atoms with Crippen LogP contribution in [0.5, 0.6) is 23.0 Å². The number of aryl methyl sites for hydroxylation is 2. The molecule has 97 heavy (non-hydrogen) atoms. The summed E-state index contributed by atoms with van der Waals surface area (Å²) in [5, 5.41) is 9.91. The van der Waals surface area contributed by atoms with Crippen LogP contribution in [0, 0.1) is 36.5 Å². The van der Waals surface area contributed by atoms with Crippen molar-refractivity contribution in [2.24, 2.45) is 0 Å². The first-order chi connectivity index (χ1) is 46.1. The fraction of sp³-hybridized carbons (Fsp3) is 0.449. The van der Waals surface area contributed by atoms with Gasteiger partial charge in [0.15, 0.2) is 21.5 Å². The molecule has 6 heterocycles. The summed E-state index contributed by atoms with van der Waals surface area (Å²) in [5.41, 5.74) is 14.3. The molecule has 524 valence electrons. The van der Waals surface area contributed by atoms with Crippen molar-refractivity contribution in [1.82, 2.24) is 29.7 Å². The van der Waals surface area contributed by atoms with Crippen LogP contribution >= 0.6 is 34.8 Å². The molecule has 4 saturated heterocycles. The monoisotopic (exact) mass is 1430 g/mol. The molecular weight excluding hydrogens is 1340 g/mol. The van der Waals surface area contributed by atoms with E-state index in [0.717, 1.165) is 134 Å². The summed E-state index contributed by atoms with van der Waals surface area (Å²) in [6, 6.07) is 19.9. The molecule has 28 heteroatoms. The summed E-state index contributed by atoms with van der Waals surface area (Å²) in [6.07, 6.45) is 23.6. The Morgan fingerprint density at radius 2 is 1.16 bits per heavy atom. The fourth-order valence-corrected chi connectivity index (χ4v) is 13.4. The first-order valence-corrected chi connectivity index (χ1v) is 36.4. The number of piperidine rings is 2. The van der Waals surface area contributed by atoms with E-state index in [1.165, 1.54) is 68.2 Å². The van der Waals surface area contributed by atoms with Gasteiger partial charge in [0, 0.05) is 105 Å². The Labute approximate surface area is 588 Å². The van der Waals surface area contributed by atoms with Crippen molar-refractivity contribution in [3.05, 3.63) is 111 Å². The molecule has 6 N–H and O–H groups in total. The molecule has 2 aromatic heterocycles. The van der Waals surface area contributed by atoms with Gasteiger partial charge < -0.3 is 66.3 Å². The zero-order chi connectivity index (χ0) is 69.4. The number of hydrogen-bond donors (Lipinski definition) is 5. The lowest BCUT2D eigenvalue weighted by Crippen LogP contribution is -2.49. The maximum Gasteiger partial charge on any atom is 0.230 e. The van der Waals surface area contributed by atoms with Crippen LogP contribution < -0.4 is 55.2 Å². The number of morpholine rings is 2. The van der Waals surface area contributed by atoms with E-state index in [0.29, 0.717) is 58.0 Å². The Bertz CT molecular complexity index is 3940. The highest BCUT2D eigenvalue weighted by atomic mass is 35.5. The lowest BCUT2D eigenvalue weighted by atomic mass is 9.99. The van der Waals surface area contributed by atoms with Gasteiger partial charge in [-0.05, 0) is 104 Å². The smallest absolute Gasteiger partial charge is 0.230 e. The highest BCUT2D eigenvalue weighted by Gasteiger charge is 2.30. The summed E-state index contributed by atoms with van der Waals surface area (Å²) in [6.45, 7) is 16.2. The molecule has 0 atom stereocenters. The first kappa shape index (κ1) is 78.1. The molecule has 0 aliphatic carbocycles. The standard InChI is InChI=1S/C31H41ClN6O5S.C19H31N3O2.C12H12Cl2N4O3S.C6H.CH4/c1-5-21-17-26(29(42-3)18-27(21)38-11-9-22(10-12-38)37-13-15-43-16-14-37)35-31-33-19-24(32)30(36-31)34-25-7-6-8-28(41-2)23(25)20-44(4,39)40;1-3-4-15-13-17(20)19(23-2)14-18(15)22-7-5-16(6-8-22)21-9-11-24-12-10-21;1-21-9-5-3-4-8(10(9)18-22(2,19)20)16-11-7(13)6-15-12(14)17-11;1-3-5-6-4-2;/h6-8,17-19,22H,5,9-16,20H2,1-4H3,(H2,33,34,35,36);13-14,16H,3-12,20H2,1-2H3;3-6,18H,1-2H3,(H,15,16,17);1H;1H4/q;;;-1;. The molecule has 4 aliphatic heterocycles. The number of nitrogen functional groups attached to an aromatic ring is 1. The van der Waals surface area contributed by atoms with Gasteiger partial charge in [0.05, 0.1) is 96.3 Å². The Morgan fingerprint density at radius 1 is 0.649 bits per heavy atom. The largest absolute Gasteiger partial charge is 0.496 e. The Balaban J connectivity index is 0.000000237. The summed E-state index contributed by atoms with van der Waals surface area (Å²) in [4.78, 5) is 26.9. The van der Waals surface area contributed by atoms with Crippen LogP contribution in [0.3, 0.4) is 0 Å². The first-order valence-electron chi connectivity index (χ1n) is 31.3. The zero-order valence-corrected chi connectivity index (χ0v) is 59.4. The number of para-hydroxylation sites is 1. The average molecular weight is 1430 g/mol. The maximum atomic E-state index is 12.1. The second kappa shape index (κ2) is 38.3. The van der Waals surface area contributed by atoms with Gasteiger partial charge in [-0.3, -0.25) is 20.4 Å². The van der Waals surface area contributed by atoms with Crippen molar-refractivity contribution in [2.75, 3.05) is 156 Å². The number of methoxy groups -OCH3 is 4. The number of benzene rings is 4.